The fraction of sp³-hybridized carbons (Fsp3) is 0.308. The van der Waals surface area contributed by atoms with Crippen molar-refractivity contribution in [1.82, 2.24) is 15.0 Å². The lowest BCUT2D eigenvalue weighted by atomic mass is 10.2. The van der Waals surface area contributed by atoms with Crippen LogP contribution in [0.4, 0.5) is 19.1 Å². The van der Waals surface area contributed by atoms with Gasteiger partial charge >= 0.3 is 6.18 Å². The molecule has 0 aliphatic heterocycles. The van der Waals surface area contributed by atoms with Gasteiger partial charge in [-0.3, -0.25) is 4.98 Å². The van der Waals surface area contributed by atoms with E-state index in [2.05, 4.69) is 15.0 Å². The minimum atomic E-state index is -4.48. The highest BCUT2D eigenvalue weighted by molar-refractivity contribution is 5.33. The summed E-state index contributed by atoms with van der Waals surface area (Å²) < 4.78 is 37.9. The van der Waals surface area contributed by atoms with E-state index in [1.807, 2.05) is 13.0 Å². The van der Waals surface area contributed by atoms with Gasteiger partial charge in [0.1, 0.15) is 5.69 Å². The summed E-state index contributed by atoms with van der Waals surface area (Å²) in [4.78, 5) is 13.2. The largest absolute Gasteiger partial charge is 0.433 e. The molecule has 1 unspecified atom stereocenters. The Balaban J connectivity index is 2.27. The summed E-state index contributed by atoms with van der Waals surface area (Å²) in [6.07, 6.45) is -1.74. The number of nitrogens with zero attached hydrogens (tertiary/aromatic N) is 4. The Kier molecular flexibility index (Phi) is 3.87. The molecule has 1 atom stereocenters. The van der Waals surface area contributed by atoms with Crippen LogP contribution in [0.1, 0.15) is 24.4 Å². The molecule has 2 aromatic heterocycles. The predicted molar refractivity (Wildman–Crippen MR) is 68.1 cm³/mol. The molecule has 2 heterocycles. The molecule has 106 valence electrons. The van der Waals surface area contributed by atoms with E-state index >= 15 is 0 Å². The van der Waals surface area contributed by atoms with E-state index in [1.54, 1.807) is 30.3 Å². The summed E-state index contributed by atoms with van der Waals surface area (Å²) in [5.74, 6) is 0.0120. The molecule has 2 aromatic rings. The smallest absolute Gasteiger partial charge is 0.336 e. The molecule has 7 heteroatoms. The van der Waals surface area contributed by atoms with Gasteiger partial charge in [-0.2, -0.15) is 13.2 Å². The van der Waals surface area contributed by atoms with Gasteiger partial charge in [-0.05, 0) is 25.1 Å². The molecular formula is C13H13F3N4. The average molecular weight is 282 g/mol. The fourth-order valence-corrected chi connectivity index (χ4v) is 1.67. The molecule has 0 saturated carbocycles. The minimum absolute atomic E-state index is 0.0120. The Labute approximate surface area is 114 Å². The number of anilines is 1. The van der Waals surface area contributed by atoms with E-state index in [-0.39, 0.29) is 12.0 Å². The molecule has 20 heavy (non-hydrogen) atoms. The molecule has 0 aromatic carbocycles. The van der Waals surface area contributed by atoms with Crippen LogP contribution < -0.4 is 4.90 Å². The van der Waals surface area contributed by atoms with Crippen molar-refractivity contribution in [1.29, 1.82) is 0 Å². The Hall–Kier alpha value is -2.18. The van der Waals surface area contributed by atoms with Crippen LogP contribution in [0.3, 0.4) is 0 Å². The van der Waals surface area contributed by atoms with Gasteiger partial charge in [-0.15, -0.1) is 0 Å². The van der Waals surface area contributed by atoms with Crippen molar-refractivity contribution < 1.29 is 13.2 Å². The maximum absolute atomic E-state index is 12.6. The maximum Gasteiger partial charge on any atom is 0.433 e. The second-order valence-electron chi connectivity index (χ2n) is 4.28. The summed E-state index contributed by atoms with van der Waals surface area (Å²) in [5.41, 5.74) is -0.224. The summed E-state index contributed by atoms with van der Waals surface area (Å²) >= 11 is 0. The number of hydrogen-bond acceptors (Lipinski definition) is 4. The summed E-state index contributed by atoms with van der Waals surface area (Å²) in [7, 11) is 1.63. The van der Waals surface area contributed by atoms with E-state index in [4.69, 9.17) is 0 Å². The predicted octanol–water partition coefficient (Wildman–Crippen LogP) is 3.09. The van der Waals surface area contributed by atoms with Crippen molar-refractivity contribution in [3.63, 3.8) is 0 Å². The highest BCUT2D eigenvalue weighted by atomic mass is 19.4. The highest BCUT2D eigenvalue weighted by Crippen LogP contribution is 2.29. The van der Waals surface area contributed by atoms with Crippen LogP contribution in [0, 0.1) is 0 Å². The number of aromatic nitrogens is 3. The van der Waals surface area contributed by atoms with E-state index < -0.39 is 11.9 Å². The first-order chi connectivity index (χ1) is 9.39. The number of hydrogen-bond donors (Lipinski definition) is 0. The SMILES string of the molecule is CC(c1ccccn1)N(C)c1nccc(C(F)(F)F)n1. The van der Waals surface area contributed by atoms with Gasteiger partial charge < -0.3 is 4.90 Å². The van der Waals surface area contributed by atoms with E-state index in [0.717, 1.165) is 18.0 Å². The van der Waals surface area contributed by atoms with E-state index in [0.29, 0.717) is 0 Å². The van der Waals surface area contributed by atoms with Gasteiger partial charge in [0.2, 0.25) is 5.95 Å². The number of rotatable bonds is 3. The minimum Gasteiger partial charge on any atom is -0.336 e. The average Bonchev–Trinajstić information content (AvgIpc) is 2.46. The molecule has 2 rings (SSSR count). The zero-order valence-electron chi connectivity index (χ0n) is 11.0. The maximum atomic E-state index is 12.6. The van der Waals surface area contributed by atoms with E-state index in [9.17, 15) is 13.2 Å². The number of alkyl halides is 3. The van der Waals surface area contributed by atoms with Crippen LogP contribution in [-0.2, 0) is 6.18 Å². The third kappa shape index (κ3) is 3.04. The van der Waals surface area contributed by atoms with Crippen molar-refractivity contribution in [2.75, 3.05) is 11.9 Å². The summed E-state index contributed by atoms with van der Waals surface area (Å²) in [6, 6.07) is 6.01. The van der Waals surface area contributed by atoms with Gasteiger partial charge in [-0.1, -0.05) is 6.07 Å². The first kappa shape index (κ1) is 14.2. The zero-order valence-corrected chi connectivity index (χ0v) is 11.0. The molecule has 0 saturated heterocycles. The van der Waals surface area contributed by atoms with Crippen LogP contribution in [0.25, 0.3) is 0 Å². The third-order valence-corrected chi connectivity index (χ3v) is 2.95. The van der Waals surface area contributed by atoms with Crippen molar-refractivity contribution in [2.24, 2.45) is 0 Å². The molecule has 0 amide bonds. The van der Waals surface area contributed by atoms with Crippen LogP contribution in [0.15, 0.2) is 36.7 Å². The molecule has 0 aliphatic carbocycles. The van der Waals surface area contributed by atoms with Crippen LogP contribution in [0.2, 0.25) is 0 Å². The number of pyridine rings is 1. The monoisotopic (exact) mass is 282 g/mol. The summed E-state index contributed by atoms with van der Waals surface area (Å²) in [6.45, 7) is 1.83. The van der Waals surface area contributed by atoms with Crippen molar-refractivity contribution in [2.45, 2.75) is 19.1 Å². The van der Waals surface area contributed by atoms with Crippen LogP contribution in [0.5, 0.6) is 0 Å². The Bertz CT molecular complexity index is 571. The normalized spacial score (nSPS) is 13.1. The molecule has 4 nitrogen and oxygen atoms in total. The van der Waals surface area contributed by atoms with Gasteiger partial charge in [0, 0.05) is 19.4 Å². The molecule has 0 fully saturated rings. The Morgan fingerprint density at radius 2 is 1.85 bits per heavy atom. The Morgan fingerprint density at radius 1 is 1.10 bits per heavy atom. The zero-order chi connectivity index (χ0) is 14.8. The fourth-order valence-electron chi connectivity index (χ4n) is 1.67. The molecule has 0 spiro atoms. The Morgan fingerprint density at radius 3 is 2.45 bits per heavy atom. The number of halogens is 3. The molecule has 0 radical (unpaired) electrons. The van der Waals surface area contributed by atoms with Crippen LogP contribution >= 0.6 is 0 Å². The lowest BCUT2D eigenvalue weighted by Gasteiger charge is -2.24. The molecule has 0 N–H and O–H groups in total. The van der Waals surface area contributed by atoms with Crippen molar-refractivity contribution in [3.05, 3.63) is 48.0 Å². The second-order valence-corrected chi connectivity index (χ2v) is 4.28. The van der Waals surface area contributed by atoms with Gasteiger partial charge in [0.15, 0.2) is 0 Å². The second kappa shape index (κ2) is 5.44. The van der Waals surface area contributed by atoms with Crippen molar-refractivity contribution in [3.8, 4) is 0 Å². The quantitative estimate of drug-likeness (QED) is 0.867. The highest BCUT2D eigenvalue weighted by Gasteiger charge is 2.33. The lowest BCUT2D eigenvalue weighted by molar-refractivity contribution is -0.141. The summed E-state index contributed by atoms with van der Waals surface area (Å²) in [5, 5.41) is 0. The van der Waals surface area contributed by atoms with Crippen LogP contribution in [-0.4, -0.2) is 22.0 Å². The van der Waals surface area contributed by atoms with Gasteiger partial charge in [0.25, 0.3) is 0 Å². The van der Waals surface area contributed by atoms with E-state index in [1.165, 1.54) is 0 Å². The molecule has 0 aliphatic rings. The molecular weight excluding hydrogens is 269 g/mol. The van der Waals surface area contributed by atoms with Gasteiger partial charge in [0.05, 0.1) is 11.7 Å². The third-order valence-electron chi connectivity index (χ3n) is 2.95. The topological polar surface area (TPSA) is 41.9 Å². The lowest BCUT2D eigenvalue weighted by Crippen LogP contribution is -2.25. The first-order valence-corrected chi connectivity index (χ1v) is 5.93. The standard InChI is InChI=1S/C13H13F3N4/c1-9(10-5-3-4-7-17-10)20(2)12-18-8-6-11(19-12)13(14,15)16/h3-9H,1-2H3. The first-order valence-electron chi connectivity index (χ1n) is 5.93. The molecule has 0 bridgehead atoms. The van der Waals surface area contributed by atoms with Gasteiger partial charge in [-0.25, -0.2) is 9.97 Å². The van der Waals surface area contributed by atoms with Crippen molar-refractivity contribution >= 4 is 5.95 Å².